The van der Waals surface area contributed by atoms with Gasteiger partial charge < -0.3 is 10.6 Å². The quantitative estimate of drug-likeness (QED) is 0.740. The first-order chi connectivity index (χ1) is 8.42. The van der Waals surface area contributed by atoms with Crippen LogP contribution in [0.25, 0.3) is 10.9 Å². The smallest absolute Gasteiger partial charge is 0.0670 e. The van der Waals surface area contributed by atoms with Crippen LogP contribution in [0.1, 0.15) is 19.3 Å². The molecule has 3 rings (SSSR count). The highest BCUT2D eigenvalue weighted by Crippen LogP contribution is 2.19. The van der Waals surface area contributed by atoms with Gasteiger partial charge >= 0.3 is 0 Å². The van der Waals surface area contributed by atoms with Crippen LogP contribution in [0.3, 0.4) is 0 Å². The first-order valence-corrected chi connectivity index (χ1v) is 6.32. The zero-order valence-corrected chi connectivity index (χ0v) is 9.87. The largest absolute Gasteiger partial charge is 0.382 e. The highest BCUT2D eigenvalue weighted by molar-refractivity contribution is 5.81. The molecule has 4 heteroatoms. The molecular weight excluding hydrogens is 212 g/mol. The van der Waals surface area contributed by atoms with Crippen LogP contribution in [0, 0.1) is 0 Å². The van der Waals surface area contributed by atoms with E-state index in [-0.39, 0.29) is 0 Å². The van der Waals surface area contributed by atoms with Crippen LogP contribution < -0.4 is 10.6 Å². The molecule has 1 unspecified atom stereocenters. The van der Waals surface area contributed by atoms with E-state index in [0.29, 0.717) is 6.04 Å². The zero-order chi connectivity index (χ0) is 11.5. The molecule has 90 valence electrons. The van der Waals surface area contributed by atoms with Crippen LogP contribution in [-0.2, 0) is 0 Å². The predicted octanol–water partition coefficient (Wildman–Crippen LogP) is 2.12. The van der Waals surface area contributed by atoms with Crippen molar-refractivity contribution in [3.05, 3.63) is 24.4 Å². The zero-order valence-electron chi connectivity index (χ0n) is 9.87. The monoisotopic (exact) mass is 230 g/mol. The Bertz CT molecular complexity index is 483. The van der Waals surface area contributed by atoms with E-state index in [4.69, 9.17) is 0 Å². The summed E-state index contributed by atoms with van der Waals surface area (Å²) >= 11 is 0. The lowest BCUT2D eigenvalue weighted by Crippen LogP contribution is -2.21. The van der Waals surface area contributed by atoms with Crippen LogP contribution in [0.4, 0.5) is 5.69 Å². The van der Waals surface area contributed by atoms with Crippen LogP contribution in [0.15, 0.2) is 24.4 Å². The maximum Gasteiger partial charge on any atom is 0.0670 e. The summed E-state index contributed by atoms with van der Waals surface area (Å²) in [5.74, 6) is 0. The molecule has 1 atom stereocenters. The van der Waals surface area contributed by atoms with Gasteiger partial charge in [0, 0.05) is 17.1 Å². The molecule has 1 aromatic carbocycles. The molecule has 0 amide bonds. The lowest BCUT2D eigenvalue weighted by atomic mass is 10.1. The van der Waals surface area contributed by atoms with E-state index < -0.39 is 0 Å². The van der Waals surface area contributed by atoms with Gasteiger partial charge in [-0.25, -0.2) is 0 Å². The van der Waals surface area contributed by atoms with Crippen molar-refractivity contribution in [2.75, 3.05) is 18.4 Å². The van der Waals surface area contributed by atoms with Crippen LogP contribution in [0.2, 0.25) is 0 Å². The van der Waals surface area contributed by atoms with Crippen LogP contribution in [-0.4, -0.2) is 29.3 Å². The maximum atomic E-state index is 4.04. The fraction of sp³-hybridized carbons (Fsp3) is 0.462. The molecule has 2 heterocycles. The number of rotatable bonds is 2. The molecule has 2 aromatic rings. The summed E-state index contributed by atoms with van der Waals surface area (Å²) in [6.07, 6.45) is 5.55. The molecule has 3 N–H and O–H groups in total. The minimum Gasteiger partial charge on any atom is -0.382 e. The summed E-state index contributed by atoms with van der Waals surface area (Å²) in [7, 11) is 0. The number of nitrogens with zero attached hydrogens (tertiary/aromatic N) is 1. The molecule has 1 aromatic heterocycles. The first kappa shape index (κ1) is 10.6. The summed E-state index contributed by atoms with van der Waals surface area (Å²) in [4.78, 5) is 0. The second-order valence-corrected chi connectivity index (χ2v) is 4.69. The van der Waals surface area contributed by atoms with E-state index in [1.54, 1.807) is 0 Å². The number of fused-ring (bicyclic) bond motifs is 1. The van der Waals surface area contributed by atoms with E-state index in [2.05, 4.69) is 39.0 Å². The standard InChI is InChI=1S/C13H18N4/c1-2-11(5-7-14-6-1)16-12-4-3-10-9-15-17-13(10)8-12/h3-4,8-9,11,14,16H,1-2,5-7H2,(H,15,17). The molecule has 1 aliphatic heterocycles. The minimum atomic E-state index is 0.588. The molecule has 0 radical (unpaired) electrons. The summed E-state index contributed by atoms with van der Waals surface area (Å²) in [5, 5.41) is 15.3. The summed E-state index contributed by atoms with van der Waals surface area (Å²) in [5.41, 5.74) is 2.29. The Kier molecular flexibility index (Phi) is 2.96. The van der Waals surface area contributed by atoms with Crippen molar-refractivity contribution in [2.45, 2.75) is 25.3 Å². The number of benzene rings is 1. The Morgan fingerprint density at radius 3 is 3.24 bits per heavy atom. The lowest BCUT2D eigenvalue weighted by Gasteiger charge is -2.17. The topological polar surface area (TPSA) is 52.7 Å². The molecule has 0 aliphatic carbocycles. The fourth-order valence-electron chi connectivity index (χ4n) is 2.43. The molecule has 1 aliphatic rings. The second kappa shape index (κ2) is 4.75. The number of aromatic nitrogens is 2. The Hall–Kier alpha value is -1.55. The van der Waals surface area contributed by atoms with Crippen molar-refractivity contribution in [1.29, 1.82) is 0 Å². The average molecular weight is 230 g/mol. The van der Waals surface area contributed by atoms with Gasteiger partial charge in [0.25, 0.3) is 0 Å². The number of hydrogen-bond acceptors (Lipinski definition) is 3. The van der Waals surface area contributed by atoms with E-state index in [9.17, 15) is 0 Å². The van der Waals surface area contributed by atoms with Crippen LogP contribution >= 0.6 is 0 Å². The van der Waals surface area contributed by atoms with Gasteiger partial charge in [-0.15, -0.1) is 0 Å². The van der Waals surface area contributed by atoms with E-state index in [1.165, 1.54) is 24.9 Å². The highest BCUT2D eigenvalue weighted by atomic mass is 15.1. The SMILES string of the molecule is c1cc2cn[nH]c2cc1NC1CCCNCC1. The third-order valence-electron chi connectivity index (χ3n) is 3.39. The van der Waals surface area contributed by atoms with Gasteiger partial charge in [0.15, 0.2) is 0 Å². The second-order valence-electron chi connectivity index (χ2n) is 4.69. The molecule has 0 saturated carbocycles. The number of anilines is 1. The maximum absolute atomic E-state index is 4.04. The van der Waals surface area contributed by atoms with Gasteiger partial charge in [0.2, 0.25) is 0 Å². The normalized spacial score (nSPS) is 21.3. The molecular formula is C13H18N4. The summed E-state index contributed by atoms with van der Waals surface area (Å²) in [6.45, 7) is 2.27. The first-order valence-electron chi connectivity index (χ1n) is 6.32. The lowest BCUT2D eigenvalue weighted by molar-refractivity contribution is 0.638. The molecule has 1 saturated heterocycles. The molecule has 0 bridgehead atoms. The Balaban J connectivity index is 1.74. The number of aromatic amines is 1. The van der Waals surface area contributed by atoms with Gasteiger partial charge in [-0.1, -0.05) is 0 Å². The van der Waals surface area contributed by atoms with Crippen molar-refractivity contribution in [3.8, 4) is 0 Å². The van der Waals surface area contributed by atoms with Gasteiger partial charge in [-0.05, 0) is 50.6 Å². The Morgan fingerprint density at radius 1 is 1.24 bits per heavy atom. The molecule has 17 heavy (non-hydrogen) atoms. The summed E-state index contributed by atoms with van der Waals surface area (Å²) < 4.78 is 0. The highest BCUT2D eigenvalue weighted by Gasteiger charge is 2.11. The predicted molar refractivity (Wildman–Crippen MR) is 70.2 cm³/mol. The van der Waals surface area contributed by atoms with Gasteiger partial charge in [-0.3, -0.25) is 5.10 Å². The van der Waals surface area contributed by atoms with Crippen molar-refractivity contribution in [1.82, 2.24) is 15.5 Å². The number of nitrogens with one attached hydrogen (secondary N) is 3. The van der Waals surface area contributed by atoms with Crippen molar-refractivity contribution < 1.29 is 0 Å². The molecule has 4 nitrogen and oxygen atoms in total. The molecule has 0 spiro atoms. The van der Waals surface area contributed by atoms with E-state index in [0.717, 1.165) is 24.0 Å². The van der Waals surface area contributed by atoms with Crippen molar-refractivity contribution in [2.24, 2.45) is 0 Å². The summed E-state index contributed by atoms with van der Waals surface area (Å²) in [6, 6.07) is 6.97. The van der Waals surface area contributed by atoms with Crippen molar-refractivity contribution >= 4 is 16.6 Å². The third kappa shape index (κ3) is 2.42. The number of hydrogen-bond donors (Lipinski definition) is 3. The molecule has 1 fully saturated rings. The van der Waals surface area contributed by atoms with Gasteiger partial charge in [0.1, 0.15) is 0 Å². The number of H-pyrrole nitrogens is 1. The van der Waals surface area contributed by atoms with E-state index in [1.807, 2.05) is 6.20 Å². The average Bonchev–Trinajstić information content (AvgIpc) is 2.65. The Morgan fingerprint density at radius 2 is 2.24 bits per heavy atom. The van der Waals surface area contributed by atoms with E-state index >= 15 is 0 Å². The third-order valence-corrected chi connectivity index (χ3v) is 3.39. The van der Waals surface area contributed by atoms with Crippen molar-refractivity contribution in [3.63, 3.8) is 0 Å². The fourth-order valence-corrected chi connectivity index (χ4v) is 2.43. The van der Waals surface area contributed by atoms with Gasteiger partial charge in [-0.2, -0.15) is 5.10 Å². The minimum absolute atomic E-state index is 0.588. The van der Waals surface area contributed by atoms with Crippen LogP contribution in [0.5, 0.6) is 0 Å². The van der Waals surface area contributed by atoms with Gasteiger partial charge in [0.05, 0.1) is 11.7 Å². The Labute approximate surface area is 101 Å².